The Labute approximate surface area is 106 Å². The summed E-state index contributed by atoms with van der Waals surface area (Å²) in [7, 11) is 0. The van der Waals surface area contributed by atoms with Gasteiger partial charge in [0.15, 0.2) is 0 Å². The van der Waals surface area contributed by atoms with Crippen LogP contribution in [0.4, 0.5) is 0 Å². The summed E-state index contributed by atoms with van der Waals surface area (Å²) in [6.07, 6.45) is 0.809. The Kier molecular flexibility index (Phi) is 3.41. The summed E-state index contributed by atoms with van der Waals surface area (Å²) in [5, 5.41) is 1.15. The Morgan fingerprint density at radius 1 is 1.25 bits per heavy atom. The molecule has 1 aromatic carbocycles. The third-order valence-electron chi connectivity index (χ3n) is 2.73. The summed E-state index contributed by atoms with van der Waals surface area (Å²) in [4.78, 5) is 4.63. The molecule has 0 spiro atoms. The fourth-order valence-corrected chi connectivity index (χ4v) is 2.42. The number of fused-ring (bicyclic) bond motifs is 1. The van der Waals surface area contributed by atoms with E-state index in [-0.39, 0.29) is 4.75 Å². The van der Waals surface area contributed by atoms with Crippen molar-refractivity contribution in [2.45, 2.75) is 18.1 Å². The molecule has 1 aromatic heterocycles. The molecule has 2 rings (SSSR count). The summed E-state index contributed by atoms with van der Waals surface area (Å²) in [5.41, 5.74) is 1.99. The van der Waals surface area contributed by atoms with E-state index < -0.39 is 0 Å². The molecular weight excluding hydrogens is 238 g/mol. The van der Waals surface area contributed by atoms with Gasteiger partial charge in [-0.1, -0.05) is 24.3 Å². The molecule has 0 saturated heterocycles. The van der Waals surface area contributed by atoms with E-state index in [4.69, 9.17) is 11.6 Å². The Balaban J connectivity index is 2.46. The largest absolute Gasteiger partial charge is 0.251 e. The summed E-state index contributed by atoms with van der Waals surface area (Å²) in [5.74, 6) is 0.592. The van der Waals surface area contributed by atoms with Crippen molar-refractivity contribution in [1.82, 2.24) is 4.98 Å². The maximum atomic E-state index is 5.78. The van der Waals surface area contributed by atoms with Crippen molar-refractivity contribution in [3.63, 3.8) is 0 Å². The van der Waals surface area contributed by atoms with Crippen LogP contribution in [0.25, 0.3) is 10.9 Å². The molecule has 0 bridgehead atoms. The standard InChI is InChI=1S/C13H14ClNS/c1-13(16,8-9-14)12-7-6-10-4-2-3-5-11(10)15-12/h2-7,16H,8-9H2,1H3. The third-order valence-corrected chi connectivity index (χ3v) is 3.37. The van der Waals surface area contributed by atoms with E-state index in [1.165, 1.54) is 0 Å². The Morgan fingerprint density at radius 2 is 2.00 bits per heavy atom. The molecule has 1 unspecified atom stereocenters. The zero-order chi connectivity index (χ0) is 11.6. The van der Waals surface area contributed by atoms with Crippen molar-refractivity contribution >= 4 is 35.1 Å². The van der Waals surface area contributed by atoms with Gasteiger partial charge in [-0.05, 0) is 25.5 Å². The maximum Gasteiger partial charge on any atom is 0.0705 e. The summed E-state index contributed by atoms with van der Waals surface area (Å²) in [6.45, 7) is 2.05. The predicted molar refractivity (Wildman–Crippen MR) is 73.4 cm³/mol. The molecule has 0 radical (unpaired) electrons. The van der Waals surface area contributed by atoms with E-state index in [2.05, 4.69) is 36.7 Å². The number of hydrogen-bond donors (Lipinski definition) is 1. The van der Waals surface area contributed by atoms with Crippen molar-refractivity contribution in [3.05, 3.63) is 42.1 Å². The topological polar surface area (TPSA) is 12.9 Å². The Morgan fingerprint density at radius 3 is 2.75 bits per heavy atom. The van der Waals surface area contributed by atoms with Gasteiger partial charge in [0.05, 0.1) is 16.0 Å². The van der Waals surface area contributed by atoms with Crippen molar-refractivity contribution in [1.29, 1.82) is 0 Å². The molecule has 0 fully saturated rings. The monoisotopic (exact) mass is 251 g/mol. The van der Waals surface area contributed by atoms with Gasteiger partial charge in [0.25, 0.3) is 0 Å². The molecule has 0 aliphatic rings. The fraction of sp³-hybridized carbons (Fsp3) is 0.308. The average molecular weight is 252 g/mol. The normalized spacial score (nSPS) is 14.9. The van der Waals surface area contributed by atoms with Crippen molar-refractivity contribution in [2.24, 2.45) is 0 Å². The predicted octanol–water partition coefficient (Wildman–Crippen LogP) is 4.01. The second-order valence-corrected chi connectivity index (χ2v) is 5.47. The van der Waals surface area contributed by atoms with Crippen LogP contribution in [0.5, 0.6) is 0 Å². The van der Waals surface area contributed by atoms with Crippen molar-refractivity contribution in [2.75, 3.05) is 5.88 Å². The molecule has 16 heavy (non-hydrogen) atoms. The molecule has 1 nitrogen and oxygen atoms in total. The lowest BCUT2D eigenvalue weighted by Crippen LogP contribution is -2.16. The van der Waals surface area contributed by atoms with Crippen LogP contribution in [0, 0.1) is 0 Å². The minimum atomic E-state index is -0.258. The molecule has 0 aliphatic heterocycles. The smallest absolute Gasteiger partial charge is 0.0705 e. The SMILES string of the molecule is CC(S)(CCCl)c1ccc2ccccc2n1. The summed E-state index contributed by atoms with van der Waals surface area (Å²) < 4.78 is -0.258. The second kappa shape index (κ2) is 4.64. The third kappa shape index (κ3) is 2.33. The molecule has 1 atom stereocenters. The summed E-state index contributed by atoms with van der Waals surface area (Å²) >= 11 is 10.4. The fourth-order valence-electron chi connectivity index (χ4n) is 1.68. The molecule has 0 amide bonds. The molecule has 0 saturated carbocycles. The lowest BCUT2D eigenvalue weighted by atomic mass is 10.0. The average Bonchev–Trinajstić information content (AvgIpc) is 2.28. The first kappa shape index (κ1) is 11.7. The highest BCUT2D eigenvalue weighted by molar-refractivity contribution is 7.81. The number of halogens is 1. The quantitative estimate of drug-likeness (QED) is 0.643. The van der Waals surface area contributed by atoms with Crippen molar-refractivity contribution < 1.29 is 0 Å². The van der Waals surface area contributed by atoms with Gasteiger partial charge in [0, 0.05) is 11.3 Å². The Hall–Kier alpha value is -0.730. The van der Waals surface area contributed by atoms with E-state index in [0.29, 0.717) is 5.88 Å². The molecule has 0 N–H and O–H groups in total. The molecule has 3 heteroatoms. The van der Waals surface area contributed by atoms with Crippen LogP contribution < -0.4 is 0 Å². The number of benzene rings is 1. The van der Waals surface area contributed by atoms with Gasteiger partial charge >= 0.3 is 0 Å². The van der Waals surface area contributed by atoms with Gasteiger partial charge < -0.3 is 0 Å². The van der Waals surface area contributed by atoms with Gasteiger partial charge in [-0.2, -0.15) is 12.6 Å². The first-order chi connectivity index (χ1) is 7.63. The van der Waals surface area contributed by atoms with Crippen LogP contribution in [0.15, 0.2) is 36.4 Å². The number of alkyl halides is 1. The maximum absolute atomic E-state index is 5.78. The lowest BCUT2D eigenvalue weighted by molar-refractivity contribution is 0.655. The van der Waals surface area contributed by atoms with E-state index in [9.17, 15) is 0 Å². The second-order valence-electron chi connectivity index (χ2n) is 4.10. The molecule has 1 heterocycles. The van der Waals surface area contributed by atoms with E-state index in [1.807, 2.05) is 24.3 Å². The highest BCUT2D eigenvalue weighted by atomic mass is 35.5. The van der Waals surface area contributed by atoms with E-state index in [1.54, 1.807) is 0 Å². The Bertz CT molecular complexity index is 496. The van der Waals surface area contributed by atoms with Crippen LogP contribution in [0.1, 0.15) is 19.0 Å². The highest BCUT2D eigenvalue weighted by Crippen LogP contribution is 2.31. The van der Waals surface area contributed by atoms with Gasteiger partial charge in [-0.3, -0.25) is 4.98 Å². The minimum Gasteiger partial charge on any atom is -0.251 e. The van der Waals surface area contributed by atoms with E-state index in [0.717, 1.165) is 23.0 Å². The van der Waals surface area contributed by atoms with Gasteiger partial charge in [0.2, 0.25) is 0 Å². The summed E-state index contributed by atoms with van der Waals surface area (Å²) in [6, 6.07) is 12.2. The lowest BCUT2D eigenvalue weighted by Gasteiger charge is -2.22. The van der Waals surface area contributed by atoms with Crippen LogP contribution >= 0.6 is 24.2 Å². The van der Waals surface area contributed by atoms with E-state index >= 15 is 0 Å². The molecular formula is C13H14ClNS. The van der Waals surface area contributed by atoms with Crippen LogP contribution in [0.3, 0.4) is 0 Å². The first-order valence-corrected chi connectivity index (χ1v) is 6.26. The number of para-hydroxylation sites is 1. The van der Waals surface area contributed by atoms with Crippen LogP contribution in [-0.2, 0) is 4.75 Å². The minimum absolute atomic E-state index is 0.258. The van der Waals surface area contributed by atoms with Gasteiger partial charge in [0.1, 0.15) is 0 Å². The zero-order valence-corrected chi connectivity index (χ0v) is 10.8. The first-order valence-electron chi connectivity index (χ1n) is 5.28. The van der Waals surface area contributed by atoms with Crippen molar-refractivity contribution in [3.8, 4) is 0 Å². The molecule has 2 aromatic rings. The van der Waals surface area contributed by atoms with Crippen LogP contribution in [-0.4, -0.2) is 10.9 Å². The van der Waals surface area contributed by atoms with Gasteiger partial charge in [-0.25, -0.2) is 0 Å². The zero-order valence-electron chi connectivity index (χ0n) is 9.15. The molecule has 0 aliphatic carbocycles. The number of hydrogen-bond acceptors (Lipinski definition) is 2. The van der Waals surface area contributed by atoms with Crippen LogP contribution in [0.2, 0.25) is 0 Å². The highest BCUT2D eigenvalue weighted by Gasteiger charge is 2.22. The number of aromatic nitrogens is 1. The number of pyridine rings is 1. The number of rotatable bonds is 3. The number of thiol groups is 1. The molecule has 84 valence electrons. The number of nitrogens with zero attached hydrogens (tertiary/aromatic N) is 1. The van der Waals surface area contributed by atoms with Gasteiger partial charge in [-0.15, -0.1) is 11.6 Å².